The van der Waals surface area contributed by atoms with Crippen molar-refractivity contribution >= 4 is 17.4 Å². The fraction of sp³-hybridized carbons (Fsp3) is 0.350. The van der Waals surface area contributed by atoms with Crippen LogP contribution >= 0.6 is 0 Å². The Bertz CT molecular complexity index is 1070. The van der Waals surface area contributed by atoms with Crippen molar-refractivity contribution in [3.8, 4) is 5.75 Å². The highest BCUT2D eigenvalue weighted by molar-refractivity contribution is 5.99. The maximum absolute atomic E-state index is 13.9. The van der Waals surface area contributed by atoms with Gasteiger partial charge in [-0.2, -0.15) is 5.10 Å². The number of nitrogens with zero attached hydrogens (tertiary/aromatic N) is 4. The minimum Gasteiger partial charge on any atom is -0.488 e. The van der Waals surface area contributed by atoms with Crippen LogP contribution in [-0.4, -0.2) is 44.6 Å². The summed E-state index contributed by atoms with van der Waals surface area (Å²) in [6.45, 7) is 3.08. The van der Waals surface area contributed by atoms with E-state index >= 15 is 0 Å². The van der Waals surface area contributed by atoms with Gasteiger partial charge in [0.2, 0.25) is 0 Å². The van der Waals surface area contributed by atoms with E-state index in [1.807, 2.05) is 6.92 Å². The smallest absolute Gasteiger partial charge is 0.259 e. The van der Waals surface area contributed by atoms with Crippen LogP contribution in [0.1, 0.15) is 41.7 Å². The first-order valence-electron chi connectivity index (χ1n) is 9.45. The number of aromatic nitrogens is 3. The van der Waals surface area contributed by atoms with Crippen LogP contribution < -0.4 is 10.1 Å². The molecule has 8 heteroatoms. The van der Waals surface area contributed by atoms with Gasteiger partial charge in [-0.3, -0.25) is 4.79 Å². The van der Waals surface area contributed by atoms with Gasteiger partial charge in [0.05, 0.1) is 18.8 Å². The summed E-state index contributed by atoms with van der Waals surface area (Å²) in [5.74, 6) is 0.799. The number of rotatable bonds is 0. The lowest BCUT2D eigenvalue weighted by Crippen LogP contribution is -2.44. The Morgan fingerprint density at radius 1 is 1.32 bits per heavy atom. The molecular formula is C20H20FN5O2. The molecule has 5 rings (SSSR count). The lowest BCUT2D eigenvalue weighted by molar-refractivity contribution is 0.0537. The average molecular weight is 381 g/mol. The molecule has 1 amide bonds. The summed E-state index contributed by atoms with van der Waals surface area (Å²) < 4.78 is 21.8. The third-order valence-electron chi connectivity index (χ3n) is 5.36. The third kappa shape index (κ3) is 2.85. The standard InChI is InChI=1S/C20H20FN5O2/c1-12-15-9-13(21)4-5-17(15)28-14-3-2-7-25(11-14)20(27)16-10-22-26-8-6-18(23-12)24-19(16)26/h4-6,8-10,12,14H,2-3,7,11H2,1H3,(H,23,24)/t12-,14+/m1/s1. The molecular weight excluding hydrogens is 361 g/mol. The summed E-state index contributed by atoms with van der Waals surface area (Å²) in [5, 5.41) is 7.54. The molecule has 144 valence electrons. The van der Waals surface area contributed by atoms with Crippen molar-refractivity contribution in [1.29, 1.82) is 0 Å². The number of amides is 1. The second kappa shape index (κ2) is 6.47. The van der Waals surface area contributed by atoms with Crippen LogP contribution in [0.2, 0.25) is 0 Å². The van der Waals surface area contributed by atoms with Crippen molar-refractivity contribution in [2.45, 2.75) is 31.9 Å². The van der Waals surface area contributed by atoms with Gasteiger partial charge in [-0.05, 0) is 44.0 Å². The number of ether oxygens (including phenoxy) is 1. The van der Waals surface area contributed by atoms with Crippen molar-refractivity contribution < 1.29 is 13.9 Å². The molecule has 1 fully saturated rings. The zero-order chi connectivity index (χ0) is 19.3. The Balaban J connectivity index is 1.65. The van der Waals surface area contributed by atoms with Gasteiger partial charge in [0.1, 0.15) is 29.1 Å². The number of hydrogen-bond donors (Lipinski definition) is 1. The minimum atomic E-state index is -0.317. The van der Waals surface area contributed by atoms with Gasteiger partial charge in [-0.1, -0.05) is 0 Å². The highest BCUT2D eigenvalue weighted by Gasteiger charge is 2.29. The first-order chi connectivity index (χ1) is 13.6. The van der Waals surface area contributed by atoms with Gasteiger partial charge < -0.3 is 15.0 Å². The van der Waals surface area contributed by atoms with Gasteiger partial charge in [0.25, 0.3) is 5.91 Å². The van der Waals surface area contributed by atoms with Crippen molar-refractivity contribution in [3.05, 3.63) is 53.6 Å². The van der Waals surface area contributed by atoms with E-state index in [2.05, 4.69) is 15.4 Å². The van der Waals surface area contributed by atoms with E-state index in [0.717, 1.165) is 18.4 Å². The molecule has 1 N–H and O–H groups in total. The zero-order valence-electron chi connectivity index (χ0n) is 15.4. The Morgan fingerprint density at radius 2 is 2.21 bits per heavy atom. The summed E-state index contributed by atoms with van der Waals surface area (Å²) in [6, 6.07) is 6.10. The summed E-state index contributed by atoms with van der Waals surface area (Å²) in [6.07, 6.45) is 4.87. The molecule has 7 nitrogen and oxygen atoms in total. The van der Waals surface area contributed by atoms with E-state index in [1.54, 1.807) is 33.9 Å². The first-order valence-corrected chi connectivity index (χ1v) is 9.45. The summed E-state index contributed by atoms with van der Waals surface area (Å²) >= 11 is 0. The maximum atomic E-state index is 13.9. The van der Waals surface area contributed by atoms with E-state index in [0.29, 0.717) is 35.9 Å². The summed E-state index contributed by atoms with van der Waals surface area (Å²) in [4.78, 5) is 19.5. The van der Waals surface area contributed by atoms with Gasteiger partial charge in [-0.15, -0.1) is 0 Å². The molecule has 0 aliphatic carbocycles. The second-order valence-electron chi connectivity index (χ2n) is 7.32. The Kier molecular flexibility index (Phi) is 3.92. The normalized spacial score (nSPS) is 21.9. The summed E-state index contributed by atoms with van der Waals surface area (Å²) in [5.41, 5.74) is 1.70. The Morgan fingerprint density at radius 3 is 3.11 bits per heavy atom. The highest BCUT2D eigenvalue weighted by Crippen LogP contribution is 2.31. The van der Waals surface area contributed by atoms with Crippen LogP contribution in [0, 0.1) is 5.82 Å². The SMILES string of the molecule is C[C@H]1Nc2ccn3ncc(c3n2)C(=O)N2CCC[C@@H](C2)Oc2ccc(F)cc21. The van der Waals surface area contributed by atoms with Crippen LogP contribution in [0.25, 0.3) is 5.65 Å². The number of benzene rings is 1. The quantitative estimate of drug-likeness (QED) is 0.648. The Labute approximate surface area is 161 Å². The molecule has 2 aromatic heterocycles. The number of carbonyl (C=O) groups is 1. The van der Waals surface area contributed by atoms with Crippen molar-refractivity contribution in [2.24, 2.45) is 0 Å². The zero-order valence-corrected chi connectivity index (χ0v) is 15.4. The van der Waals surface area contributed by atoms with E-state index in [1.165, 1.54) is 12.1 Å². The Hall–Kier alpha value is -3.16. The number of halogens is 1. The van der Waals surface area contributed by atoms with Gasteiger partial charge >= 0.3 is 0 Å². The van der Waals surface area contributed by atoms with Crippen molar-refractivity contribution in [3.63, 3.8) is 0 Å². The van der Waals surface area contributed by atoms with Crippen LogP contribution in [0.15, 0.2) is 36.7 Å². The van der Waals surface area contributed by atoms with E-state index < -0.39 is 0 Å². The molecule has 0 saturated carbocycles. The molecule has 2 aliphatic rings. The molecule has 4 heterocycles. The molecule has 0 spiro atoms. The predicted octanol–water partition coefficient (Wildman–Crippen LogP) is 3.04. The fourth-order valence-electron chi connectivity index (χ4n) is 3.93. The highest BCUT2D eigenvalue weighted by atomic mass is 19.1. The predicted molar refractivity (Wildman–Crippen MR) is 101 cm³/mol. The minimum absolute atomic E-state index is 0.0976. The molecule has 28 heavy (non-hydrogen) atoms. The van der Waals surface area contributed by atoms with Crippen molar-refractivity contribution in [1.82, 2.24) is 19.5 Å². The second-order valence-corrected chi connectivity index (χ2v) is 7.32. The number of hydrogen-bond acceptors (Lipinski definition) is 5. The molecule has 2 aliphatic heterocycles. The molecule has 4 bridgehead atoms. The largest absolute Gasteiger partial charge is 0.488 e. The van der Waals surface area contributed by atoms with Crippen LogP contribution in [0.4, 0.5) is 10.2 Å². The van der Waals surface area contributed by atoms with Crippen LogP contribution in [0.3, 0.4) is 0 Å². The van der Waals surface area contributed by atoms with Crippen LogP contribution in [-0.2, 0) is 0 Å². The number of piperidine rings is 1. The summed E-state index contributed by atoms with van der Waals surface area (Å²) in [7, 11) is 0. The maximum Gasteiger partial charge on any atom is 0.259 e. The first kappa shape index (κ1) is 17.0. The van der Waals surface area contributed by atoms with Gasteiger partial charge in [0.15, 0.2) is 5.65 Å². The molecule has 1 saturated heterocycles. The number of carbonyl (C=O) groups excluding carboxylic acids is 1. The molecule has 1 aromatic carbocycles. The third-order valence-corrected chi connectivity index (χ3v) is 5.36. The number of nitrogens with one attached hydrogen (secondary N) is 1. The van der Waals surface area contributed by atoms with E-state index in [-0.39, 0.29) is 23.9 Å². The molecule has 0 unspecified atom stereocenters. The molecule has 0 radical (unpaired) electrons. The van der Waals surface area contributed by atoms with E-state index in [9.17, 15) is 9.18 Å². The molecule has 2 atom stereocenters. The number of anilines is 1. The topological polar surface area (TPSA) is 71.8 Å². The monoisotopic (exact) mass is 381 g/mol. The van der Waals surface area contributed by atoms with E-state index in [4.69, 9.17) is 4.74 Å². The van der Waals surface area contributed by atoms with Gasteiger partial charge in [0, 0.05) is 18.3 Å². The lowest BCUT2D eigenvalue weighted by atomic mass is 10.0. The lowest BCUT2D eigenvalue weighted by Gasteiger charge is -2.33. The number of fused-ring (bicyclic) bond motifs is 4. The van der Waals surface area contributed by atoms with Crippen molar-refractivity contribution in [2.75, 3.05) is 18.4 Å². The average Bonchev–Trinajstić information content (AvgIpc) is 3.11. The van der Waals surface area contributed by atoms with Gasteiger partial charge in [-0.25, -0.2) is 13.9 Å². The van der Waals surface area contributed by atoms with Crippen LogP contribution in [0.5, 0.6) is 5.75 Å². The fourth-order valence-corrected chi connectivity index (χ4v) is 3.93. The molecule has 3 aromatic rings.